The predicted octanol–water partition coefficient (Wildman–Crippen LogP) is 1.28. The summed E-state index contributed by atoms with van der Waals surface area (Å²) in [4.78, 5) is 24.9. The van der Waals surface area contributed by atoms with Crippen molar-refractivity contribution < 1.29 is 4.79 Å². The molecule has 4 nitrogen and oxygen atoms in total. The Kier molecular flexibility index (Phi) is 3.68. The lowest BCUT2D eigenvalue weighted by Gasteiger charge is -2.23. The smallest absolute Gasteiger partial charge is 0.253 e. The number of nitrogens with one attached hydrogen (secondary N) is 2. The molecule has 2 N–H and O–H groups in total. The zero-order chi connectivity index (χ0) is 11.5. The minimum absolute atomic E-state index is 0.198. The summed E-state index contributed by atoms with van der Waals surface area (Å²) in [5.74, 6) is -0.198. The summed E-state index contributed by atoms with van der Waals surface area (Å²) >= 11 is 3.31. The number of halogens is 1. The second kappa shape index (κ2) is 4.61. The maximum atomic E-state index is 11.7. The van der Waals surface area contributed by atoms with Gasteiger partial charge in [-0.25, -0.2) is 0 Å². The van der Waals surface area contributed by atoms with Crippen LogP contribution >= 0.6 is 15.9 Å². The Morgan fingerprint density at radius 3 is 2.67 bits per heavy atom. The van der Waals surface area contributed by atoms with Gasteiger partial charge in [-0.2, -0.15) is 0 Å². The third-order valence-corrected chi connectivity index (χ3v) is 3.23. The highest BCUT2D eigenvalue weighted by molar-refractivity contribution is 9.09. The molecule has 82 valence electrons. The van der Waals surface area contributed by atoms with Crippen LogP contribution in [-0.4, -0.2) is 21.8 Å². The van der Waals surface area contributed by atoms with E-state index < -0.39 is 0 Å². The van der Waals surface area contributed by atoms with Gasteiger partial charge in [0.05, 0.1) is 5.56 Å². The number of H-pyrrole nitrogens is 1. The molecule has 0 saturated heterocycles. The molecule has 5 heteroatoms. The van der Waals surface area contributed by atoms with Gasteiger partial charge in [0.1, 0.15) is 0 Å². The van der Waals surface area contributed by atoms with Crippen molar-refractivity contribution in [1.29, 1.82) is 0 Å². The average Bonchev–Trinajstić information content (AvgIpc) is 2.18. The van der Waals surface area contributed by atoms with Crippen molar-refractivity contribution in [3.63, 3.8) is 0 Å². The van der Waals surface area contributed by atoms with E-state index in [1.807, 2.05) is 13.8 Å². The number of alkyl halides is 1. The van der Waals surface area contributed by atoms with Crippen molar-refractivity contribution in [2.45, 2.75) is 19.4 Å². The summed E-state index contributed by atoms with van der Waals surface area (Å²) in [6.07, 6.45) is 1.40. The van der Waals surface area contributed by atoms with E-state index in [9.17, 15) is 9.59 Å². The Labute approximate surface area is 96.2 Å². The Morgan fingerprint density at radius 1 is 1.53 bits per heavy atom. The van der Waals surface area contributed by atoms with Crippen molar-refractivity contribution in [1.82, 2.24) is 10.3 Å². The highest BCUT2D eigenvalue weighted by atomic mass is 79.9. The third kappa shape index (κ3) is 3.51. The van der Waals surface area contributed by atoms with Crippen LogP contribution in [0.2, 0.25) is 0 Å². The van der Waals surface area contributed by atoms with Crippen molar-refractivity contribution in [3.8, 4) is 0 Å². The van der Waals surface area contributed by atoms with E-state index in [1.165, 1.54) is 18.3 Å². The summed E-state index contributed by atoms with van der Waals surface area (Å²) in [7, 11) is 0. The van der Waals surface area contributed by atoms with Crippen molar-refractivity contribution in [2.75, 3.05) is 5.33 Å². The van der Waals surface area contributed by atoms with E-state index in [-0.39, 0.29) is 17.0 Å². The van der Waals surface area contributed by atoms with E-state index in [4.69, 9.17) is 0 Å². The van der Waals surface area contributed by atoms with Gasteiger partial charge in [0, 0.05) is 23.1 Å². The second-order valence-corrected chi connectivity index (χ2v) is 4.47. The van der Waals surface area contributed by atoms with Gasteiger partial charge in [-0.15, -0.1) is 0 Å². The van der Waals surface area contributed by atoms with Gasteiger partial charge in [0.15, 0.2) is 0 Å². The number of carbonyl (C=O) groups excluding carboxylic acids is 1. The number of carbonyl (C=O) groups is 1. The van der Waals surface area contributed by atoms with Gasteiger partial charge in [-0.1, -0.05) is 15.9 Å². The lowest BCUT2D eigenvalue weighted by molar-refractivity contribution is 0.0921. The molecule has 0 atom stereocenters. The molecule has 1 aromatic rings. The molecule has 0 spiro atoms. The molecule has 1 heterocycles. The lowest BCUT2D eigenvalue weighted by Crippen LogP contribution is -2.44. The number of amides is 1. The average molecular weight is 273 g/mol. The number of aromatic nitrogens is 1. The third-order valence-electron chi connectivity index (χ3n) is 1.83. The van der Waals surface area contributed by atoms with Gasteiger partial charge in [-0.05, 0) is 19.9 Å². The highest BCUT2D eigenvalue weighted by Crippen LogP contribution is 2.07. The summed E-state index contributed by atoms with van der Waals surface area (Å²) < 4.78 is 0. The first kappa shape index (κ1) is 12.0. The molecule has 0 aromatic carbocycles. The second-order valence-electron chi connectivity index (χ2n) is 3.91. The van der Waals surface area contributed by atoms with Crippen LogP contribution in [0.15, 0.2) is 23.1 Å². The van der Waals surface area contributed by atoms with Gasteiger partial charge < -0.3 is 10.3 Å². The summed E-state index contributed by atoms with van der Waals surface area (Å²) in [6, 6.07) is 2.83. The Bertz CT molecular complexity index is 392. The molecule has 0 fully saturated rings. The number of hydrogen-bond donors (Lipinski definition) is 2. The Morgan fingerprint density at radius 2 is 2.20 bits per heavy atom. The molecular weight excluding hydrogens is 260 g/mol. The fourth-order valence-electron chi connectivity index (χ4n) is 0.965. The molecule has 0 aliphatic carbocycles. The maximum Gasteiger partial charge on any atom is 0.253 e. The molecule has 0 aliphatic rings. The lowest BCUT2D eigenvalue weighted by atomic mass is 10.1. The first-order valence-corrected chi connectivity index (χ1v) is 5.64. The zero-order valence-electron chi connectivity index (χ0n) is 8.63. The minimum Gasteiger partial charge on any atom is -0.346 e. The molecule has 0 aliphatic heterocycles. The molecule has 0 saturated carbocycles. The van der Waals surface area contributed by atoms with Crippen LogP contribution in [0.25, 0.3) is 0 Å². The van der Waals surface area contributed by atoms with Crippen molar-refractivity contribution in [3.05, 3.63) is 34.2 Å². The van der Waals surface area contributed by atoms with Gasteiger partial charge in [-0.3, -0.25) is 9.59 Å². The standard InChI is InChI=1S/C10H13BrN2O2/c1-10(2,6-11)13-9(15)7-3-4-8(14)12-5-7/h3-5H,6H2,1-2H3,(H,12,14)(H,13,15). The fraction of sp³-hybridized carbons (Fsp3) is 0.400. The van der Waals surface area contributed by atoms with Crippen molar-refractivity contribution in [2.24, 2.45) is 0 Å². The quantitative estimate of drug-likeness (QED) is 0.815. The minimum atomic E-state index is -0.312. The monoisotopic (exact) mass is 272 g/mol. The largest absolute Gasteiger partial charge is 0.346 e. The molecular formula is C10H13BrN2O2. The summed E-state index contributed by atoms with van der Waals surface area (Å²) in [5, 5.41) is 3.50. The van der Waals surface area contributed by atoms with Crippen LogP contribution < -0.4 is 10.9 Å². The number of hydrogen-bond acceptors (Lipinski definition) is 2. The summed E-state index contributed by atoms with van der Waals surface area (Å²) in [5.41, 5.74) is -0.0809. The molecule has 1 aromatic heterocycles. The predicted molar refractivity (Wildman–Crippen MR) is 62.4 cm³/mol. The first-order valence-electron chi connectivity index (χ1n) is 4.52. The van der Waals surface area contributed by atoms with Crippen LogP contribution in [0.1, 0.15) is 24.2 Å². The van der Waals surface area contributed by atoms with Crippen LogP contribution in [-0.2, 0) is 0 Å². The van der Waals surface area contributed by atoms with Gasteiger partial charge >= 0.3 is 0 Å². The number of aromatic amines is 1. The molecule has 1 rings (SSSR count). The topological polar surface area (TPSA) is 62.0 Å². The fourth-order valence-corrected chi connectivity index (χ4v) is 1.10. The molecule has 15 heavy (non-hydrogen) atoms. The first-order chi connectivity index (χ1) is 6.94. The van der Waals surface area contributed by atoms with E-state index in [1.54, 1.807) is 0 Å². The maximum absolute atomic E-state index is 11.7. The van der Waals surface area contributed by atoms with Crippen LogP contribution in [0.4, 0.5) is 0 Å². The summed E-state index contributed by atoms with van der Waals surface area (Å²) in [6.45, 7) is 3.82. The zero-order valence-corrected chi connectivity index (χ0v) is 10.2. The normalized spacial score (nSPS) is 11.1. The van der Waals surface area contributed by atoms with E-state index in [0.29, 0.717) is 10.9 Å². The van der Waals surface area contributed by atoms with E-state index >= 15 is 0 Å². The van der Waals surface area contributed by atoms with Crippen molar-refractivity contribution >= 4 is 21.8 Å². The van der Waals surface area contributed by atoms with E-state index in [0.717, 1.165) is 0 Å². The Balaban J connectivity index is 2.78. The Hall–Kier alpha value is -1.10. The molecule has 0 unspecified atom stereocenters. The molecule has 0 bridgehead atoms. The molecule has 1 amide bonds. The SMILES string of the molecule is CC(C)(CBr)NC(=O)c1ccc(=O)[nH]c1. The van der Waals surface area contributed by atoms with E-state index in [2.05, 4.69) is 26.2 Å². The number of rotatable bonds is 3. The van der Waals surface area contributed by atoms with Crippen LogP contribution in [0, 0.1) is 0 Å². The van der Waals surface area contributed by atoms with Crippen LogP contribution in [0.3, 0.4) is 0 Å². The highest BCUT2D eigenvalue weighted by Gasteiger charge is 2.19. The van der Waals surface area contributed by atoms with Crippen LogP contribution in [0.5, 0.6) is 0 Å². The van der Waals surface area contributed by atoms with Gasteiger partial charge in [0.25, 0.3) is 5.91 Å². The molecule has 0 radical (unpaired) electrons. The van der Waals surface area contributed by atoms with Gasteiger partial charge in [0.2, 0.25) is 5.56 Å². The number of pyridine rings is 1.